The molecule has 5 heteroatoms. The molecular weight excluding hydrogens is 306 g/mol. The van der Waals surface area contributed by atoms with Gasteiger partial charge in [0.2, 0.25) is 6.54 Å². The van der Waals surface area contributed by atoms with Crippen LogP contribution in [-0.2, 0) is 18.9 Å². The van der Waals surface area contributed by atoms with E-state index in [-0.39, 0.29) is 41.9 Å². The zero-order chi connectivity index (χ0) is 16.2. The second-order valence-corrected chi connectivity index (χ2v) is 8.33. The van der Waals surface area contributed by atoms with Gasteiger partial charge in [-0.05, 0) is 25.7 Å². The molecule has 5 fully saturated rings. The molecule has 2 aliphatic carbocycles. The van der Waals surface area contributed by atoms with Gasteiger partial charge < -0.3 is 23.8 Å². The third-order valence-electron chi connectivity index (χ3n) is 6.80. The average Bonchev–Trinajstić information content (AvgIpc) is 3.09. The van der Waals surface area contributed by atoms with Crippen LogP contribution in [0.4, 0.5) is 0 Å². The first-order valence-electron chi connectivity index (χ1n) is 9.74. The van der Waals surface area contributed by atoms with Crippen molar-refractivity contribution in [3.8, 4) is 0 Å². The monoisotopic (exact) mass is 333 g/mol. The predicted octanol–water partition coefficient (Wildman–Crippen LogP) is 3.22. The zero-order valence-corrected chi connectivity index (χ0v) is 14.2. The van der Waals surface area contributed by atoms with Crippen molar-refractivity contribution < 1.29 is 18.9 Å². The quantitative estimate of drug-likeness (QED) is 0.728. The lowest BCUT2D eigenvalue weighted by Gasteiger charge is -2.44. The second-order valence-electron chi connectivity index (χ2n) is 8.33. The fourth-order valence-corrected chi connectivity index (χ4v) is 5.74. The lowest BCUT2D eigenvalue weighted by atomic mass is 9.76. The van der Waals surface area contributed by atoms with Crippen LogP contribution >= 0.6 is 0 Å². The first-order chi connectivity index (χ1) is 11.7. The average molecular weight is 333 g/mol. The van der Waals surface area contributed by atoms with E-state index in [2.05, 4.69) is 4.85 Å². The van der Waals surface area contributed by atoms with Gasteiger partial charge in [0.1, 0.15) is 6.10 Å². The Bertz CT molecular complexity index is 540. The van der Waals surface area contributed by atoms with Gasteiger partial charge in [0.15, 0.2) is 5.79 Å². The number of ether oxygens (including phenoxy) is 4. The van der Waals surface area contributed by atoms with Gasteiger partial charge in [-0.25, -0.2) is 6.57 Å². The Balaban J connectivity index is 1.33. The van der Waals surface area contributed by atoms with Crippen LogP contribution in [0.15, 0.2) is 0 Å². The zero-order valence-electron chi connectivity index (χ0n) is 14.2. The number of hydrogen-bond acceptors (Lipinski definition) is 4. The molecule has 5 aliphatic rings. The maximum atomic E-state index is 7.02. The summed E-state index contributed by atoms with van der Waals surface area (Å²) in [6, 6.07) is 0. The van der Waals surface area contributed by atoms with E-state index in [4.69, 9.17) is 25.5 Å². The van der Waals surface area contributed by atoms with E-state index in [9.17, 15) is 0 Å². The van der Waals surface area contributed by atoms with Gasteiger partial charge in [-0.2, -0.15) is 0 Å². The molecule has 2 saturated carbocycles. The fourth-order valence-electron chi connectivity index (χ4n) is 5.74. The molecule has 3 aliphatic heterocycles. The number of hydrogen-bond donors (Lipinski definition) is 0. The Morgan fingerprint density at radius 2 is 1.79 bits per heavy atom. The fraction of sp³-hybridized carbons (Fsp3) is 0.947. The van der Waals surface area contributed by atoms with Gasteiger partial charge in [-0.3, -0.25) is 0 Å². The van der Waals surface area contributed by atoms with Gasteiger partial charge in [-0.15, -0.1) is 0 Å². The van der Waals surface area contributed by atoms with Gasteiger partial charge in [0.05, 0.1) is 30.0 Å². The summed E-state index contributed by atoms with van der Waals surface area (Å²) < 4.78 is 25.9. The van der Waals surface area contributed by atoms with Gasteiger partial charge in [0.25, 0.3) is 0 Å². The lowest BCUT2D eigenvalue weighted by molar-refractivity contribution is -0.215. The number of nitrogens with zero attached hydrogens (tertiary/aromatic N) is 1. The normalized spacial score (nSPS) is 48.7. The molecule has 6 atom stereocenters. The van der Waals surface area contributed by atoms with Crippen molar-refractivity contribution in [1.29, 1.82) is 0 Å². The smallest absolute Gasteiger partial charge is 0.217 e. The Morgan fingerprint density at radius 3 is 2.62 bits per heavy atom. The van der Waals surface area contributed by atoms with Gasteiger partial charge >= 0.3 is 0 Å². The Labute approximate surface area is 143 Å². The third-order valence-corrected chi connectivity index (χ3v) is 6.80. The molecule has 0 amide bonds. The van der Waals surface area contributed by atoms with Crippen molar-refractivity contribution in [3.63, 3.8) is 0 Å². The summed E-state index contributed by atoms with van der Waals surface area (Å²) >= 11 is 0. The van der Waals surface area contributed by atoms with E-state index < -0.39 is 0 Å². The first-order valence-corrected chi connectivity index (χ1v) is 9.74. The molecule has 5 rings (SSSR count). The molecular formula is C19H27NO4. The van der Waals surface area contributed by atoms with Crippen molar-refractivity contribution in [3.05, 3.63) is 11.4 Å². The summed E-state index contributed by atoms with van der Waals surface area (Å²) in [5.41, 5.74) is -0.194. The van der Waals surface area contributed by atoms with Crippen molar-refractivity contribution in [1.82, 2.24) is 0 Å². The highest BCUT2D eigenvalue weighted by atomic mass is 16.8. The molecule has 24 heavy (non-hydrogen) atoms. The van der Waals surface area contributed by atoms with Crippen LogP contribution in [-0.4, -0.2) is 48.5 Å². The second kappa shape index (κ2) is 5.67. The topological polar surface area (TPSA) is 41.3 Å². The highest BCUT2D eigenvalue weighted by Gasteiger charge is 2.65. The van der Waals surface area contributed by atoms with Crippen LogP contribution < -0.4 is 0 Å². The molecule has 5 nitrogen and oxygen atoms in total. The standard InChI is InChI=1S/C19H27NO4/c1-20-10-7-13-5-6-16-18(22-13)11-14(21-16)17-15(12-18)23-19(24-17)8-3-2-4-9-19/h13-17H,2-12H2/t13-,14+,15-,16+,17?,18-/m1/s1. The molecule has 0 N–H and O–H groups in total. The molecule has 3 heterocycles. The van der Waals surface area contributed by atoms with Crippen LogP contribution in [0.3, 0.4) is 0 Å². The predicted molar refractivity (Wildman–Crippen MR) is 86.4 cm³/mol. The highest BCUT2D eigenvalue weighted by Crippen LogP contribution is 2.55. The minimum atomic E-state index is -0.342. The van der Waals surface area contributed by atoms with Gasteiger partial charge in [0, 0.05) is 32.1 Å². The van der Waals surface area contributed by atoms with E-state index in [1.165, 1.54) is 19.3 Å². The summed E-state index contributed by atoms with van der Waals surface area (Å²) in [5.74, 6) is -0.342. The van der Waals surface area contributed by atoms with Crippen LogP contribution in [0.2, 0.25) is 0 Å². The SMILES string of the molecule is [C-]#[N+]CC[C@H]1CC[C@@H]2O[C@H]3C[C@]2(C[C@H]2OC4(CCCCC4)OC32)O1. The van der Waals surface area contributed by atoms with Crippen molar-refractivity contribution in [2.24, 2.45) is 0 Å². The third kappa shape index (κ3) is 2.34. The summed E-state index contributed by atoms with van der Waals surface area (Å²) in [6.07, 6.45) is 11.2. The van der Waals surface area contributed by atoms with Crippen molar-refractivity contribution in [2.45, 2.75) is 106 Å². The van der Waals surface area contributed by atoms with Crippen molar-refractivity contribution in [2.75, 3.05) is 6.54 Å². The summed E-state index contributed by atoms with van der Waals surface area (Å²) in [5, 5.41) is 0. The summed E-state index contributed by atoms with van der Waals surface area (Å²) in [7, 11) is 0. The molecule has 2 bridgehead atoms. The molecule has 2 spiro atoms. The van der Waals surface area contributed by atoms with Crippen LogP contribution in [0.5, 0.6) is 0 Å². The Morgan fingerprint density at radius 1 is 0.958 bits per heavy atom. The van der Waals surface area contributed by atoms with E-state index in [1.54, 1.807) is 0 Å². The van der Waals surface area contributed by atoms with Crippen molar-refractivity contribution >= 4 is 0 Å². The minimum Gasteiger partial charge on any atom is -0.369 e. The van der Waals surface area contributed by atoms with E-state index in [0.29, 0.717) is 6.54 Å². The molecule has 1 unspecified atom stereocenters. The molecule has 0 aromatic rings. The van der Waals surface area contributed by atoms with E-state index >= 15 is 0 Å². The molecule has 0 aromatic heterocycles. The van der Waals surface area contributed by atoms with Crippen LogP contribution in [0.25, 0.3) is 4.85 Å². The number of rotatable bonds is 2. The van der Waals surface area contributed by atoms with Crippen LogP contribution in [0, 0.1) is 6.57 Å². The first kappa shape index (κ1) is 15.6. The van der Waals surface area contributed by atoms with Crippen LogP contribution in [0.1, 0.15) is 64.2 Å². The number of fused-ring (bicyclic) bond motifs is 3. The Kier molecular flexibility index (Phi) is 3.68. The highest BCUT2D eigenvalue weighted by molar-refractivity contribution is 5.12. The summed E-state index contributed by atoms with van der Waals surface area (Å²) in [6.45, 7) is 7.58. The Hall–Kier alpha value is -0.670. The summed E-state index contributed by atoms with van der Waals surface area (Å²) in [4.78, 5) is 3.50. The minimum absolute atomic E-state index is 0.0876. The molecule has 0 aromatic carbocycles. The van der Waals surface area contributed by atoms with Gasteiger partial charge in [-0.1, -0.05) is 6.42 Å². The maximum absolute atomic E-state index is 7.02. The molecule has 132 valence electrons. The lowest BCUT2D eigenvalue weighted by Crippen LogP contribution is -2.53. The largest absolute Gasteiger partial charge is 0.369 e. The maximum Gasteiger partial charge on any atom is 0.217 e. The molecule has 0 radical (unpaired) electrons. The van der Waals surface area contributed by atoms with E-state index in [0.717, 1.165) is 44.9 Å². The molecule has 3 saturated heterocycles. The van der Waals surface area contributed by atoms with E-state index in [1.807, 2.05) is 0 Å².